The molecule has 1 amide bonds. The molecule has 0 N–H and O–H groups in total. The molecule has 1 aliphatic heterocycles. The Balaban J connectivity index is 1.44. The highest BCUT2D eigenvalue weighted by molar-refractivity contribution is 5.78. The first kappa shape index (κ1) is 18.4. The highest BCUT2D eigenvalue weighted by Gasteiger charge is 2.25. The SMILES string of the molecule is CN(CC(=O)N(C)CC1CCN(c2ccccc2)C1)Cc1ccncc1. The predicted octanol–water partition coefficient (Wildman–Crippen LogP) is 2.50. The Bertz CT molecular complexity index is 692. The van der Waals surface area contributed by atoms with Gasteiger partial charge in [0.1, 0.15) is 0 Å². The third kappa shape index (κ3) is 5.05. The number of hydrogen-bond acceptors (Lipinski definition) is 4. The van der Waals surface area contributed by atoms with Gasteiger partial charge < -0.3 is 9.80 Å². The minimum absolute atomic E-state index is 0.180. The lowest BCUT2D eigenvalue weighted by atomic mass is 10.1. The molecule has 1 fully saturated rings. The van der Waals surface area contributed by atoms with Crippen LogP contribution in [0, 0.1) is 5.92 Å². The van der Waals surface area contributed by atoms with Gasteiger partial charge in [-0.3, -0.25) is 14.7 Å². The fourth-order valence-corrected chi connectivity index (χ4v) is 3.55. The number of hydrogen-bond donors (Lipinski definition) is 0. The van der Waals surface area contributed by atoms with Crippen LogP contribution in [0.1, 0.15) is 12.0 Å². The summed E-state index contributed by atoms with van der Waals surface area (Å²) in [4.78, 5) is 22.9. The number of para-hydroxylation sites is 1. The van der Waals surface area contributed by atoms with Gasteiger partial charge in [-0.25, -0.2) is 0 Å². The maximum atomic E-state index is 12.5. The van der Waals surface area contributed by atoms with Gasteiger partial charge in [-0.1, -0.05) is 18.2 Å². The summed E-state index contributed by atoms with van der Waals surface area (Å²) >= 11 is 0. The van der Waals surface area contributed by atoms with E-state index in [2.05, 4.69) is 39.0 Å². The van der Waals surface area contributed by atoms with Crippen LogP contribution in [0.25, 0.3) is 0 Å². The van der Waals surface area contributed by atoms with Crippen LogP contribution >= 0.6 is 0 Å². The number of aromatic nitrogens is 1. The Kier molecular flexibility index (Phi) is 6.23. The third-order valence-electron chi connectivity index (χ3n) is 4.97. The smallest absolute Gasteiger partial charge is 0.236 e. The molecule has 1 aliphatic rings. The van der Waals surface area contributed by atoms with Gasteiger partial charge in [-0.2, -0.15) is 0 Å². The summed E-state index contributed by atoms with van der Waals surface area (Å²) in [5.74, 6) is 0.717. The number of likely N-dealkylation sites (N-methyl/N-ethyl adjacent to an activating group) is 2. The van der Waals surface area contributed by atoms with Gasteiger partial charge in [0, 0.05) is 51.3 Å². The van der Waals surface area contributed by atoms with Crippen molar-refractivity contribution in [2.75, 3.05) is 45.2 Å². The van der Waals surface area contributed by atoms with E-state index in [1.165, 1.54) is 11.3 Å². The van der Waals surface area contributed by atoms with E-state index in [9.17, 15) is 4.79 Å². The van der Waals surface area contributed by atoms with Crippen LogP contribution in [0.2, 0.25) is 0 Å². The summed E-state index contributed by atoms with van der Waals surface area (Å²) in [5, 5.41) is 0. The van der Waals surface area contributed by atoms with Gasteiger partial charge in [-0.05, 0) is 49.2 Å². The quantitative estimate of drug-likeness (QED) is 0.768. The van der Waals surface area contributed by atoms with Crippen molar-refractivity contribution in [2.45, 2.75) is 13.0 Å². The first-order chi connectivity index (χ1) is 12.6. The number of pyridine rings is 1. The highest BCUT2D eigenvalue weighted by atomic mass is 16.2. The number of anilines is 1. The van der Waals surface area contributed by atoms with Crippen molar-refractivity contribution in [1.29, 1.82) is 0 Å². The molecule has 0 saturated carbocycles. The van der Waals surface area contributed by atoms with E-state index in [1.807, 2.05) is 37.2 Å². The van der Waals surface area contributed by atoms with E-state index >= 15 is 0 Å². The van der Waals surface area contributed by atoms with E-state index in [0.29, 0.717) is 12.5 Å². The average Bonchev–Trinajstić information content (AvgIpc) is 3.11. The van der Waals surface area contributed by atoms with Crippen molar-refractivity contribution < 1.29 is 4.79 Å². The standard InChI is InChI=1S/C21H28N4O/c1-23(14-18-8-11-22-12-9-18)17-21(26)24(2)15-19-10-13-25(16-19)20-6-4-3-5-7-20/h3-9,11-12,19H,10,13-17H2,1-2H3. The fourth-order valence-electron chi connectivity index (χ4n) is 3.55. The second-order valence-corrected chi connectivity index (χ2v) is 7.24. The average molecular weight is 352 g/mol. The zero-order valence-corrected chi connectivity index (χ0v) is 15.7. The zero-order valence-electron chi connectivity index (χ0n) is 15.7. The van der Waals surface area contributed by atoms with Crippen LogP contribution in [0.15, 0.2) is 54.9 Å². The lowest BCUT2D eigenvalue weighted by Crippen LogP contribution is -2.39. The summed E-state index contributed by atoms with van der Waals surface area (Å²) in [6, 6.07) is 14.5. The fraction of sp³-hybridized carbons (Fsp3) is 0.429. The van der Waals surface area contributed by atoms with Crippen molar-refractivity contribution in [2.24, 2.45) is 5.92 Å². The van der Waals surface area contributed by atoms with Crippen molar-refractivity contribution in [3.05, 3.63) is 60.4 Å². The van der Waals surface area contributed by atoms with E-state index in [0.717, 1.165) is 32.6 Å². The van der Waals surface area contributed by atoms with Crippen LogP contribution in [-0.4, -0.2) is 61.0 Å². The molecular formula is C21H28N4O. The van der Waals surface area contributed by atoms with Gasteiger partial charge in [0.25, 0.3) is 0 Å². The summed E-state index contributed by atoms with van der Waals surface area (Å²) in [6.45, 7) is 4.11. The first-order valence-corrected chi connectivity index (χ1v) is 9.23. The van der Waals surface area contributed by atoms with Crippen LogP contribution in [-0.2, 0) is 11.3 Å². The lowest BCUT2D eigenvalue weighted by molar-refractivity contribution is -0.131. The largest absolute Gasteiger partial charge is 0.371 e. The number of carbonyl (C=O) groups is 1. The van der Waals surface area contributed by atoms with Gasteiger partial charge in [-0.15, -0.1) is 0 Å². The Hall–Kier alpha value is -2.40. The Morgan fingerprint density at radius 1 is 1.15 bits per heavy atom. The molecular weight excluding hydrogens is 324 g/mol. The van der Waals surface area contributed by atoms with E-state index < -0.39 is 0 Å². The van der Waals surface area contributed by atoms with Gasteiger partial charge in [0.2, 0.25) is 5.91 Å². The monoisotopic (exact) mass is 352 g/mol. The molecule has 5 nitrogen and oxygen atoms in total. The van der Waals surface area contributed by atoms with Gasteiger partial charge >= 0.3 is 0 Å². The molecule has 1 unspecified atom stereocenters. The molecule has 138 valence electrons. The predicted molar refractivity (Wildman–Crippen MR) is 105 cm³/mol. The zero-order chi connectivity index (χ0) is 18.4. The summed E-state index contributed by atoms with van der Waals surface area (Å²) < 4.78 is 0. The van der Waals surface area contributed by atoms with Gasteiger partial charge in [0.05, 0.1) is 6.54 Å². The molecule has 0 aliphatic carbocycles. The second kappa shape index (κ2) is 8.81. The molecule has 0 radical (unpaired) electrons. The second-order valence-electron chi connectivity index (χ2n) is 7.24. The van der Waals surface area contributed by atoms with Crippen LogP contribution in [0.3, 0.4) is 0 Å². The Morgan fingerprint density at radius 2 is 1.88 bits per heavy atom. The van der Waals surface area contributed by atoms with E-state index in [1.54, 1.807) is 12.4 Å². The van der Waals surface area contributed by atoms with Crippen LogP contribution in [0.4, 0.5) is 5.69 Å². The summed E-state index contributed by atoms with van der Waals surface area (Å²) in [6.07, 6.45) is 4.71. The highest BCUT2D eigenvalue weighted by Crippen LogP contribution is 2.23. The van der Waals surface area contributed by atoms with Crippen LogP contribution < -0.4 is 4.90 Å². The molecule has 26 heavy (non-hydrogen) atoms. The Morgan fingerprint density at radius 3 is 2.62 bits per heavy atom. The number of rotatable bonds is 7. The lowest BCUT2D eigenvalue weighted by Gasteiger charge is -2.25. The summed E-state index contributed by atoms with van der Waals surface area (Å²) in [5.41, 5.74) is 2.45. The minimum Gasteiger partial charge on any atom is -0.371 e. The topological polar surface area (TPSA) is 39.7 Å². The van der Waals surface area contributed by atoms with Crippen molar-refractivity contribution in [3.8, 4) is 0 Å². The number of nitrogens with zero attached hydrogens (tertiary/aromatic N) is 4. The Labute approximate surface area is 156 Å². The molecule has 2 heterocycles. The van der Waals surface area contributed by atoms with Crippen molar-refractivity contribution in [3.63, 3.8) is 0 Å². The van der Waals surface area contributed by atoms with Gasteiger partial charge in [0.15, 0.2) is 0 Å². The van der Waals surface area contributed by atoms with Crippen LogP contribution in [0.5, 0.6) is 0 Å². The molecule has 5 heteroatoms. The van der Waals surface area contributed by atoms with E-state index in [-0.39, 0.29) is 5.91 Å². The maximum Gasteiger partial charge on any atom is 0.236 e. The molecule has 3 rings (SSSR count). The molecule has 2 aromatic rings. The normalized spacial score (nSPS) is 16.9. The molecule has 1 aromatic carbocycles. The molecule has 0 spiro atoms. The molecule has 1 saturated heterocycles. The molecule has 1 atom stereocenters. The number of carbonyl (C=O) groups excluding carboxylic acids is 1. The van der Waals surface area contributed by atoms with E-state index in [4.69, 9.17) is 0 Å². The maximum absolute atomic E-state index is 12.5. The third-order valence-corrected chi connectivity index (χ3v) is 4.97. The number of benzene rings is 1. The summed E-state index contributed by atoms with van der Waals surface area (Å²) in [7, 11) is 3.91. The minimum atomic E-state index is 0.180. The molecule has 1 aromatic heterocycles. The van der Waals surface area contributed by atoms with Crippen molar-refractivity contribution >= 4 is 11.6 Å². The number of amides is 1. The van der Waals surface area contributed by atoms with Crippen molar-refractivity contribution in [1.82, 2.24) is 14.8 Å². The molecule has 0 bridgehead atoms. The first-order valence-electron chi connectivity index (χ1n) is 9.23.